The van der Waals surface area contributed by atoms with E-state index in [0.29, 0.717) is 19.6 Å². The maximum Gasteiger partial charge on any atom is 0.174 e. The maximum atomic E-state index is 13.2. The third-order valence-electron chi connectivity index (χ3n) is 6.34. The standard InChI is InChI=1S/C20H40NO3/c1-8-12-14-23-20(24-15-13-9-2)16-18(6,10-3)21(22)19(7,11-4)17(20)5/h17H,8-16H2,1-7H3. The van der Waals surface area contributed by atoms with Gasteiger partial charge in [0.2, 0.25) is 0 Å². The minimum absolute atomic E-state index is 0.0286. The van der Waals surface area contributed by atoms with Gasteiger partial charge in [-0.05, 0) is 39.5 Å². The number of unbranched alkanes of at least 4 members (excludes halogenated alkanes) is 2. The number of rotatable bonds is 10. The highest BCUT2D eigenvalue weighted by Gasteiger charge is 2.61. The smallest absolute Gasteiger partial charge is 0.174 e. The highest BCUT2D eigenvalue weighted by Crippen LogP contribution is 2.51. The topological polar surface area (TPSA) is 41.6 Å². The second-order valence-electron chi connectivity index (χ2n) is 7.97. The lowest BCUT2D eigenvalue weighted by Gasteiger charge is -2.60. The normalized spacial score (nSPS) is 33.8. The molecule has 0 spiro atoms. The van der Waals surface area contributed by atoms with Gasteiger partial charge < -0.3 is 9.47 Å². The molecule has 1 aliphatic rings. The zero-order chi connectivity index (χ0) is 18.4. The molecule has 24 heavy (non-hydrogen) atoms. The number of piperidine rings is 1. The minimum Gasteiger partial charge on any atom is -0.349 e. The van der Waals surface area contributed by atoms with E-state index < -0.39 is 16.9 Å². The Labute approximate surface area is 149 Å². The summed E-state index contributed by atoms with van der Waals surface area (Å²) in [6.07, 6.45) is 6.49. The molecule has 1 radical (unpaired) electrons. The second kappa shape index (κ2) is 8.98. The largest absolute Gasteiger partial charge is 0.349 e. The fourth-order valence-corrected chi connectivity index (χ4v) is 3.91. The molecule has 1 fully saturated rings. The summed E-state index contributed by atoms with van der Waals surface area (Å²) in [6.45, 7) is 16.2. The molecule has 4 nitrogen and oxygen atoms in total. The van der Waals surface area contributed by atoms with Crippen molar-refractivity contribution in [2.75, 3.05) is 13.2 Å². The first-order chi connectivity index (χ1) is 11.3. The fraction of sp³-hybridized carbons (Fsp3) is 1.00. The van der Waals surface area contributed by atoms with E-state index in [1.807, 2.05) is 0 Å². The van der Waals surface area contributed by atoms with Gasteiger partial charge in [0.25, 0.3) is 0 Å². The second-order valence-corrected chi connectivity index (χ2v) is 7.97. The first-order valence-electron chi connectivity index (χ1n) is 10.0. The highest BCUT2D eigenvalue weighted by molar-refractivity contribution is 5.07. The van der Waals surface area contributed by atoms with Crippen LogP contribution in [-0.2, 0) is 14.7 Å². The van der Waals surface area contributed by atoms with E-state index in [1.54, 1.807) is 0 Å². The molecule has 0 aromatic rings. The number of ether oxygens (including phenoxy) is 2. The van der Waals surface area contributed by atoms with E-state index in [0.717, 1.165) is 38.5 Å². The zero-order valence-electron chi connectivity index (χ0n) is 17.1. The van der Waals surface area contributed by atoms with Gasteiger partial charge in [-0.1, -0.05) is 47.5 Å². The molecule has 0 N–H and O–H groups in total. The monoisotopic (exact) mass is 342 g/mol. The van der Waals surface area contributed by atoms with Crippen LogP contribution >= 0.6 is 0 Å². The lowest BCUT2D eigenvalue weighted by Crippen LogP contribution is -2.71. The van der Waals surface area contributed by atoms with Crippen LogP contribution in [0.5, 0.6) is 0 Å². The van der Waals surface area contributed by atoms with Crippen LogP contribution in [-0.4, -0.2) is 35.1 Å². The summed E-state index contributed by atoms with van der Waals surface area (Å²) in [6, 6.07) is 0. The Hall–Kier alpha value is -0.160. The van der Waals surface area contributed by atoms with Crippen LogP contribution in [0.4, 0.5) is 0 Å². The summed E-state index contributed by atoms with van der Waals surface area (Å²) in [7, 11) is 0. The van der Waals surface area contributed by atoms with Gasteiger partial charge in [-0.3, -0.25) is 0 Å². The van der Waals surface area contributed by atoms with Crippen LogP contribution in [0.25, 0.3) is 0 Å². The van der Waals surface area contributed by atoms with Crippen LogP contribution in [0, 0.1) is 5.92 Å². The summed E-state index contributed by atoms with van der Waals surface area (Å²) in [5.74, 6) is -0.623. The first kappa shape index (κ1) is 21.9. The molecular formula is C20H40NO3. The molecule has 0 amide bonds. The Bertz CT molecular complexity index is 366. The average molecular weight is 343 g/mol. The Balaban J connectivity index is 3.19. The van der Waals surface area contributed by atoms with Gasteiger partial charge in [-0.25, -0.2) is 0 Å². The van der Waals surface area contributed by atoms with Crippen molar-refractivity contribution in [1.82, 2.24) is 5.06 Å². The maximum absolute atomic E-state index is 13.2. The van der Waals surface area contributed by atoms with Gasteiger partial charge in [0, 0.05) is 12.3 Å². The predicted molar refractivity (Wildman–Crippen MR) is 98.1 cm³/mol. The van der Waals surface area contributed by atoms with Crippen LogP contribution in [0.1, 0.15) is 93.4 Å². The average Bonchev–Trinajstić information content (AvgIpc) is 2.58. The van der Waals surface area contributed by atoms with Crippen molar-refractivity contribution in [2.45, 2.75) is 110 Å². The van der Waals surface area contributed by atoms with Crippen molar-refractivity contribution in [3.05, 3.63) is 0 Å². The Morgan fingerprint density at radius 1 is 0.958 bits per heavy atom. The van der Waals surface area contributed by atoms with Crippen molar-refractivity contribution >= 4 is 0 Å². The minimum atomic E-state index is -0.652. The molecule has 3 atom stereocenters. The van der Waals surface area contributed by atoms with E-state index >= 15 is 0 Å². The van der Waals surface area contributed by atoms with E-state index in [4.69, 9.17) is 9.47 Å². The zero-order valence-corrected chi connectivity index (χ0v) is 17.1. The van der Waals surface area contributed by atoms with Crippen molar-refractivity contribution in [3.8, 4) is 0 Å². The third kappa shape index (κ3) is 4.14. The molecule has 0 saturated carbocycles. The predicted octanol–water partition coefficient (Wildman–Crippen LogP) is 5.34. The summed E-state index contributed by atoms with van der Waals surface area (Å²) in [5, 5.41) is 14.6. The summed E-state index contributed by atoms with van der Waals surface area (Å²) in [5.41, 5.74) is -0.920. The van der Waals surface area contributed by atoms with Crippen LogP contribution in [0.2, 0.25) is 0 Å². The van der Waals surface area contributed by atoms with Crippen LogP contribution < -0.4 is 0 Å². The Kier molecular flexibility index (Phi) is 8.18. The van der Waals surface area contributed by atoms with E-state index in [9.17, 15) is 5.21 Å². The fourth-order valence-electron chi connectivity index (χ4n) is 3.91. The molecule has 1 saturated heterocycles. The molecule has 0 aliphatic carbocycles. The Morgan fingerprint density at radius 2 is 1.46 bits per heavy atom. The Morgan fingerprint density at radius 3 is 1.83 bits per heavy atom. The van der Waals surface area contributed by atoms with Gasteiger partial charge in [0.05, 0.1) is 24.3 Å². The molecule has 1 heterocycles. The molecule has 1 rings (SSSR count). The van der Waals surface area contributed by atoms with E-state index in [-0.39, 0.29) is 5.92 Å². The summed E-state index contributed by atoms with van der Waals surface area (Å²) in [4.78, 5) is 0. The molecular weight excluding hydrogens is 302 g/mol. The van der Waals surface area contributed by atoms with E-state index in [2.05, 4.69) is 48.5 Å². The van der Waals surface area contributed by atoms with Gasteiger partial charge in [0.1, 0.15) is 0 Å². The summed E-state index contributed by atoms with van der Waals surface area (Å²) >= 11 is 0. The van der Waals surface area contributed by atoms with Crippen molar-refractivity contribution in [1.29, 1.82) is 0 Å². The molecule has 4 heteroatoms. The van der Waals surface area contributed by atoms with Crippen LogP contribution in [0.15, 0.2) is 0 Å². The number of hydrogen-bond donors (Lipinski definition) is 0. The molecule has 0 bridgehead atoms. The van der Waals surface area contributed by atoms with Gasteiger partial charge in [-0.15, -0.1) is 10.3 Å². The SMILES string of the molecule is CCCCOC1(OCCCC)CC(C)(CC)N([O])C(C)(CC)C1C. The van der Waals surface area contributed by atoms with Crippen LogP contribution in [0.3, 0.4) is 0 Å². The molecule has 3 unspecified atom stereocenters. The van der Waals surface area contributed by atoms with E-state index in [1.165, 1.54) is 5.06 Å². The first-order valence-corrected chi connectivity index (χ1v) is 10.0. The quantitative estimate of drug-likeness (QED) is 0.397. The lowest BCUT2D eigenvalue weighted by atomic mass is 9.67. The van der Waals surface area contributed by atoms with Gasteiger partial charge in [-0.2, -0.15) is 0 Å². The number of hydroxylamine groups is 2. The molecule has 0 aromatic carbocycles. The molecule has 0 aromatic heterocycles. The molecule has 143 valence electrons. The third-order valence-corrected chi connectivity index (χ3v) is 6.34. The molecule has 1 aliphatic heterocycles. The number of nitrogens with zero attached hydrogens (tertiary/aromatic N) is 1. The van der Waals surface area contributed by atoms with Crippen molar-refractivity contribution in [2.24, 2.45) is 5.92 Å². The van der Waals surface area contributed by atoms with Crippen molar-refractivity contribution < 1.29 is 14.7 Å². The number of hydrogen-bond acceptors (Lipinski definition) is 3. The lowest BCUT2D eigenvalue weighted by molar-refractivity contribution is -0.392. The van der Waals surface area contributed by atoms with Crippen molar-refractivity contribution in [3.63, 3.8) is 0 Å². The summed E-state index contributed by atoms with van der Waals surface area (Å²) < 4.78 is 12.8. The van der Waals surface area contributed by atoms with Gasteiger partial charge >= 0.3 is 0 Å². The van der Waals surface area contributed by atoms with Gasteiger partial charge in [0.15, 0.2) is 5.79 Å². The highest BCUT2D eigenvalue weighted by atomic mass is 16.7.